The van der Waals surface area contributed by atoms with Crippen molar-refractivity contribution < 1.29 is 4.92 Å². The molecule has 0 spiro atoms. The molecule has 0 aliphatic carbocycles. The zero-order chi connectivity index (χ0) is 10.7. The van der Waals surface area contributed by atoms with Crippen molar-refractivity contribution in [3.05, 3.63) is 33.3 Å². The summed E-state index contributed by atoms with van der Waals surface area (Å²) in [5, 5.41) is 10.5. The number of nitro benzene ring substituents is 1. The highest BCUT2D eigenvalue weighted by molar-refractivity contribution is 6.32. The van der Waals surface area contributed by atoms with Gasteiger partial charge in [-0.2, -0.15) is 0 Å². The van der Waals surface area contributed by atoms with Gasteiger partial charge >= 0.3 is 0 Å². The Morgan fingerprint density at radius 2 is 2.14 bits per heavy atom. The van der Waals surface area contributed by atoms with Crippen LogP contribution in [0, 0.1) is 10.1 Å². The van der Waals surface area contributed by atoms with E-state index in [1.54, 1.807) is 0 Å². The molecule has 0 radical (unpaired) electrons. The van der Waals surface area contributed by atoms with E-state index in [2.05, 4.69) is 4.99 Å². The predicted molar refractivity (Wildman–Crippen MR) is 53.6 cm³/mol. The van der Waals surface area contributed by atoms with E-state index in [0.717, 1.165) is 0 Å². The van der Waals surface area contributed by atoms with Crippen molar-refractivity contribution in [2.45, 2.75) is 0 Å². The number of guanidine groups is 1. The van der Waals surface area contributed by atoms with Gasteiger partial charge in [-0.3, -0.25) is 10.1 Å². The summed E-state index contributed by atoms with van der Waals surface area (Å²) in [6.45, 7) is 0. The lowest BCUT2D eigenvalue weighted by molar-refractivity contribution is -0.384. The number of hydrogen-bond acceptors (Lipinski definition) is 3. The first-order valence-corrected chi connectivity index (χ1v) is 3.92. The Balaban J connectivity index is 3.20. The van der Waals surface area contributed by atoms with Crippen LogP contribution in [-0.2, 0) is 0 Å². The van der Waals surface area contributed by atoms with Crippen molar-refractivity contribution in [2.24, 2.45) is 16.5 Å². The molecule has 0 bridgehead atoms. The van der Waals surface area contributed by atoms with Gasteiger partial charge in [0.05, 0.1) is 10.6 Å². The van der Waals surface area contributed by atoms with Crippen LogP contribution in [0.4, 0.5) is 11.4 Å². The minimum absolute atomic E-state index is 0.0459. The topological polar surface area (TPSA) is 108 Å². The fourth-order valence-electron chi connectivity index (χ4n) is 0.860. The quantitative estimate of drug-likeness (QED) is 0.333. The van der Waals surface area contributed by atoms with Gasteiger partial charge in [0, 0.05) is 6.07 Å². The SMILES string of the molecule is NC(N)=Nc1ccc(Cl)c([N+](=O)[O-])c1. The molecule has 6 nitrogen and oxygen atoms in total. The lowest BCUT2D eigenvalue weighted by Crippen LogP contribution is -2.21. The molecule has 0 saturated heterocycles. The van der Waals surface area contributed by atoms with Crippen LogP contribution in [0.5, 0.6) is 0 Å². The Kier molecular flexibility index (Phi) is 2.88. The normalized spacial score (nSPS) is 9.50. The van der Waals surface area contributed by atoms with Gasteiger partial charge < -0.3 is 11.5 Å². The molecule has 1 aromatic rings. The zero-order valence-electron chi connectivity index (χ0n) is 6.98. The Bertz CT molecular complexity index is 401. The van der Waals surface area contributed by atoms with Gasteiger partial charge in [-0.1, -0.05) is 11.6 Å². The smallest absolute Gasteiger partial charge is 0.290 e. The fourth-order valence-corrected chi connectivity index (χ4v) is 1.05. The lowest BCUT2D eigenvalue weighted by Gasteiger charge is -1.97. The van der Waals surface area contributed by atoms with Crippen molar-refractivity contribution in [1.82, 2.24) is 0 Å². The summed E-state index contributed by atoms with van der Waals surface area (Å²) in [5.41, 5.74) is 10.3. The Morgan fingerprint density at radius 3 is 2.64 bits per heavy atom. The van der Waals surface area contributed by atoms with Gasteiger partial charge in [-0.25, -0.2) is 4.99 Å². The standard InChI is InChI=1S/C7H7ClN4O2/c8-5-2-1-4(11-7(9)10)3-6(5)12(13)14/h1-3H,(H4,9,10,11). The third-order valence-corrected chi connectivity index (χ3v) is 1.70. The maximum atomic E-state index is 10.5. The predicted octanol–water partition coefficient (Wildman–Crippen LogP) is 1.15. The van der Waals surface area contributed by atoms with Gasteiger partial charge in [0.1, 0.15) is 5.02 Å². The monoisotopic (exact) mass is 214 g/mol. The zero-order valence-corrected chi connectivity index (χ0v) is 7.73. The average molecular weight is 215 g/mol. The van der Waals surface area contributed by atoms with Crippen LogP contribution in [0.25, 0.3) is 0 Å². The first-order valence-electron chi connectivity index (χ1n) is 3.54. The molecule has 0 aromatic heterocycles. The number of benzene rings is 1. The molecule has 1 rings (SSSR count). The Labute approximate surface area is 84.3 Å². The summed E-state index contributed by atoms with van der Waals surface area (Å²) in [6.07, 6.45) is 0. The lowest BCUT2D eigenvalue weighted by atomic mass is 10.3. The third-order valence-electron chi connectivity index (χ3n) is 1.38. The summed E-state index contributed by atoms with van der Waals surface area (Å²) in [7, 11) is 0. The van der Waals surface area contributed by atoms with Gasteiger partial charge in [-0.15, -0.1) is 0 Å². The maximum Gasteiger partial charge on any atom is 0.290 e. The molecule has 1 aromatic carbocycles. The summed E-state index contributed by atoms with van der Waals surface area (Å²) in [6, 6.07) is 4.04. The molecular weight excluding hydrogens is 208 g/mol. The summed E-state index contributed by atoms with van der Waals surface area (Å²) in [4.78, 5) is 13.5. The minimum Gasteiger partial charge on any atom is -0.370 e. The molecule has 7 heteroatoms. The second-order valence-electron chi connectivity index (χ2n) is 2.43. The first-order chi connectivity index (χ1) is 6.50. The largest absolute Gasteiger partial charge is 0.370 e. The van der Waals surface area contributed by atoms with E-state index in [-0.39, 0.29) is 16.7 Å². The van der Waals surface area contributed by atoms with Crippen molar-refractivity contribution in [3.63, 3.8) is 0 Å². The third kappa shape index (κ3) is 2.33. The number of rotatable bonds is 2. The van der Waals surface area contributed by atoms with E-state index in [1.165, 1.54) is 18.2 Å². The molecule has 0 atom stereocenters. The van der Waals surface area contributed by atoms with Crippen LogP contribution < -0.4 is 11.5 Å². The van der Waals surface area contributed by atoms with Gasteiger partial charge in [-0.05, 0) is 12.1 Å². The minimum atomic E-state index is -0.603. The van der Waals surface area contributed by atoms with E-state index >= 15 is 0 Å². The Morgan fingerprint density at radius 1 is 1.50 bits per heavy atom. The van der Waals surface area contributed by atoms with Crippen molar-refractivity contribution in [1.29, 1.82) is 0 Å². The highest BCUT2D eigenvalue weighted by Crippen LogP contribution is 2.28. The molecule has 14 heavy (non-hydrogen) atoms. The molecule has 74 valence electrons. The molecule has 0 aliphatic rings. The number of aliphatic imine (C=N–C) groups is 1. The average Bonchev–Trinajstić information content (AvgIpc) is 2.07. The first kappa shape index (κ1) is 10.3. The Hall–Kier alpha value is -1.82. The highest BCUT2D eigenvalue weighted by atomic mass is 35.5. The number of nitro groups is 1. The molecule has 0 aliphatic heterocycles. The maximum absolute atomic E-state index is 10.5. The van der Waals surface area contributed by atoms with Crippen LogP contribution in [0.1, 0.15) is 0 Å². The van der Waals surface area contributed by atoms with Crippen LogP contribution >= 0.6 is 11.6 Å². The number of nitrogens with two attached hydrogens (primary N) is 2. The van der Waals surface area contributed by atoms with Gasteiger partial charge in [0.25, 0.3) is 5.69 Å². The van der Waals surface area contributed by atoms with E-state index in [9.17, 15) is 10.1 Å². The van der Waals surface area contributed by atoms with Crippen LogP contribution in [0.3, 0.4) is 0 Å². The fraction of sp³-hybridized carbons (Fsp3) is 0. The molecule has 0 heterocycles. The molecule has 0 unspecified atom stereocenters. The van der Waals surface area contributed by atoms with Crippen LogP contribution in [-0.4, -0.2) is 10.9 Å². The molecule has 0 amide bonds. The number of hydrogen-bond donors (Lipinski definition) is 2. The molecule has 0 saturated carbocycles. The van der Waals surface area contributed by atoms with Gasteiger partial charge in [0.15, 0.2) is 5.96 Å². The van der Waals surface area contributed by atoms with Crippen LogP contribution in [0.15, 0.2) is 23.2 Å². The summed E-state index contributed by atoms with van der Waals surface area (Å²) in [5.74, 6) is -0.165. The van der Waals surface area contributed by atoms with E-state index in [0.29, 0.717) is 5.69 Å². The summed E-state index contributed by atoms with van der Waals surface area (Å²) >= 11 is 5.58. The van der Waals surface area contributed by atoms with Crippen molar-refractivity contribution in [3.8, 4) is 0 Å². The summed E-state index contributed by atoms with van der Waals surface area (Å²) < 4.78 is 0. The van der Waals surface area contributed by atoms with E-state index in [4.69, 9.17) is 23.1 Å². The number of nitrogens with zero attached hydrogens (tertiary/aromatic N) is 2. The van der Waals surface area contributed by atoms with Crippen LogP contribution in [0.2, 0.25) is 5.02 Å². The van der Waals surface area contributed by atoms with Gasteiger partial charge in [0.2, 0.25) is 0 Å². The molecule has 0 fully saturated rings. The second-order valence-corrected chi connectivity index (χ2v) is 2.84. The van der Waals surface area contributed by atoms with Crippen molar-refractivity contribution >= 4 is 28.9 Å². The second kappa shape index (κ2) is 3.93. The van der Waals surface area contributed by atoms with E-state index in [1.807, 2.05) is 0 Å². The number of halogens is 1. The highest BCUT2D eigenvalue weighted by Gasteiger charge is 2.12. The van der Waals surface area contributed by atoms with E-state index < -0.39 is 4.92 Å². The van der Waals surface area contributed by atoms with Crippen molar-refractivity contribution in [2.75, 3.05) is 0 Å². The molecular formula is C7H7ClN4O2. The molecule has 4 N–H and O–H groups in total.